The number of fused-ring (bicyclic) bond motifs is 1. The van der Waals surface area contributed by atoms with Crippen LogP contribution in [0, 0.1) is 0 Å². The smallest absolute Gasteiger partial charge is 0.280 e. The third-order valence-corrected chi connectivity index (χ3v) is 5.38. The fraction of sp³-hybridized carbons (Fsp3) is 0.412. The molecule has 1 fully saturated rings. The van der Waals surface area contributed by atoms with Crippen molar-refractivity contribution < 1.29 is 13.6 Å². The zero-order valence-corrected chi connectivity index (χ0v) is 14.7. The number of thiophene rings is 1. The van der Waals surface area contributed by atoms with E-state index in [1.165, 1.54) is 12.4 Å². The van der Waals surface area contributed by atoms with E-state index in [-0.39, 0.29) is 23.3 Å². The summed E-state index contributed by atoms with van der Waals surface area (Å²) in [7, 11) is 0. The lowest BCUT2D eigenvalue weighted by Crippen LogP contribution is -2.40. The van der Waals surface area contributed by atoms with Crippen molar-refractivity contribution in [1.82, 2.24) is 24.5 Å². The van der Waals surface area contributed by atoms with Crippen LogP contribution in [0.5, 0.6) is 0 Å². The molecular weight excluding hydrogens is 360 g/mol. The summed E-state index contributed by atoms with van der Waals surface area (Å²) in [5.41, 5.74) is 1.34. The van der Waals surface area contributed by atoms with Crippen LogP contribution in [0.3, 0.4) is 0 Å². The second-order valence-corrected chi connectivity index (χ2v) is 7.15. The highest BCUT2D eigenvalue weighted by molar-refractivity contribution is 7.08. The molecule has 3 aromatic heterocycles. The maximum absolute atomic E-state index is 13.4. The Morgan fingerprint density at radius 2 is 2.31 bits per heavy atom. The van der Waals surface area contributed by atoms with Crippen LogP contribution in [0.25, 0.3) is 5.78 Å². The molecule has 6 nitrogen and oxygen atoms in total. The molecule has 0 radical (unpaired) electrons. The van der Waals surface area contributed by atoms with E-state index in [0.29, 0.717) is 25.2 Å². The molecule has 9 heteroatoms. The fourth-order valence-electron chi connectivity index (χ4n) is 3.34. The van der Waals surface area contributed by atoms with Crippen LogP contribution in [0.4, 0.5) is 8.78 Å². The molecular formula is C17H17F2N5OS. The van der Waals surface area contributed by atoms with Gasteiger partial charge in [0.05, 0.1) is 12.1 Å². The van der Waals surface area contributed by atoms with Gasteiger partial charge in [-0.3, -0.25) is 4.79 Å². The van der Waals surface area contributed by atoms with E-state index in [0.717, 1.165) is 22.9 Å². The highest BCUT2D eigenvalue weighted by Crippen LogP contribution is 2.29. The Balaban J connectivity index is 1.56. The summed E-state index contributed by atoms with van der Waals surface area (Å²) in [5.74, 6) is 0.152. The minimum atomic E-state index is -2.67. The van der Waals surface area contributed by atoms with Crippen molar-refractivity contribution in [2.75, 3.05) is 13.1 Å². The van der Waals surface area contributed by atoms with Crippen LogP contribution in [0.1, 0.15) is 42.1 Å². The Hall–Kier alpha value is -2.42. The SMILES string of the molecule is O=C(Cc1ccsc1)N1CCC[C@H](c2cc(C(F)F)n3ncnc3n2)C1. The predicted octanol–water partition coefficient (Wildman–Crippen LogP) is 3.07. The number of carbonyl (C=O) groups excluding carboxylic acids is 1. The maximum Gasteiger partial charge on any atom is 0.280 e. The van der Waals surface area contributed by atoms with Gasteiger partial charge < -0.3 is 4.90 Å². The van der Waals surface area contributed by atoms with Gasteiger partial charge in [-0.05, 0) is 41.3 Å². The quantitative estimate of drug-likeness (QED) is 0.701. The third-order valence-electron chi connectivity index (χ3n) is 4.65. The van der Waals surface area contributed by atoms with Crippen LogP contribution >= 0.6 is 11.3 Å². The number of carbonyl (C=O) groups is 1. The van der Waals surface area contributed by atoms with Crippen molar-refractivity contribution in [3.8, 4) is 0 Å². The van der Waals surface area contributed by atoms with Gasteiger partial charge >= 0.3 is 0 Å². The summed E-state index contributed by atoms with van der Waals surface area (Å²) >= 11 is 1.56. The molecule has 0 saturated carbocycles. The number of likely N-dealkylation sites (tertiary alicyclic amines) is 1. The van der Waals surface area contributed by atoms with Gasteiger partial charge in [0, 0.05) is 19.0 Å². The zero-order valence-electron chi connectivity index (χ0n) is 13.9. The first-order valence-electron chi connectivity index (χ1n) is 8.39. The van der Waals surface area contributed by atoms with Crippen molar-refractivity contribution in [2.24, 2.45) is 0 Å². The monoisotopic (exact) mass is 377 g/mol. The van der Waals surface area contributed by atoms with E-state index in [9.17, 15) is 13.6 Å². The molecule has 4 heterocycles. The van der Waals surface area contributed by atoms with Crippen molar-refractivity contribution >= 4 is 23.0 Å². The second-order valence-electron chi connectivity index (χ2n) is 6.37. The molecule has 0 N–H and O–H groups in total. The molecule has 1 amide bonds. The van der Waals surface area contributed by atoms with Crippen LogP contribution in [-0.2, 0) is 11.2 Å². The average molecular weight is 377 g/mol. The van der Waals surface area contributed by atoms with Gasteiger partial charge in [0.25, 0.3) is 12.2 Å². The minimum absolute atomic E-state index is 0.0609. The molecule has 1 atom stereocenters. The van der Waals surface area contributed by atoms with Gasteiger partial charge in [0.1, 0.15) is 12.0 Å². The van der Waals surface area contributed by atoms with E-state index < -0.39 is 6.43 Å². The number of rotatable bonds is 4. The van der Waals surface area contributed by atoms with Crippen molar-refractivity contribution in [3.63, 3.8) is 0 Å². The molecule has 1 saturated heterocycles. The van der Waals surface area contributed by atoms with Gasteiger partial charge in [-0.1, -0.05) is 0 Å². The van der Waals surface area contributed by atoms with Gasteiger partial charge in [-0.2, -0.15) is 25.9 Å². The number of nitrogens with zero attached hydrogens (tertiary/aromatic N) is 5. The Morgan fingerprint density at radius 3 is 3.08 bits per heavy atom. The van der Waals surface area contributed by atoms with Crippen molar-refractivity contribution in [3.05, 3.63) is 46.2 Å². The number of alkyl halides is 2. The average Bonchev–Trinajstić information content (AvgIpc) is 3.32. The molecule has 0 unspecified atom stereocenters. The van der Waals surface area contributed by atoms with E-state index in [2.05, 4.69) is 15.1 Å². The molecule has 4 rings (SSSR count). The summed E-state index contributed by atoms with van der Waals surface area (Å²) in [6, 6.07) is 3.34. The van der Waals surface area contributed by atoms with Gasteiger partial charge in [0.2, 0.25) is 5.91 Å². The van der Waals surface area contributed by atoms with E-state index in [1.54, 1.807) is 11.3 Å². The molecule has 0 spiro atoms. The standard InChI is InChI=1S/C17H17F2N5OS/c18-16(19)14-7-13(22-17-20-10-21-24(14)17)12-2-1-4-23(8-12)15(25)6-11-3-5-26-9-11/h3,5,7,9-10,12,16H,1-2,4,6,8H2/t12-/m0/s1. The lowest BCUT2D eigenvalue weighted by Gasteiger charge is -2.32. The third kappa shape index (κ3) is 3.31. The highest BCUT2D eigenvalue weighted by Gasteiger charge is 2.27. The molecule has 1 aliphatic heterocycles. The number of piperidine rings is 1. The second kappa shape index (κ2) is 7.06. The topological polar surface area (TPSA) is 63.4 Å². The summed E-state index contributed by atoms with van der Waals surface area (Å²) < 4.78 is 27.8. The van der Waals surface area contributed by atoms with E-state index >= 15 is 0 Å². The van der Waals surface area contributed by atoms with Crippen LogP contribution in [0.2, 0.25) is 0 Å². The van der Waals surface area contributed by atoms with Crippen molar-refractivity contribution in [2.45, 2.75) is 31.6 Å². The Kier molecular flexibility index (Phi) is 4.62. The zero-order chi connectivity index (χ0) is 18.1. The molecule has 26 heavy (non-hydrogen) atoms. The number of aromatic nitrogens is 4. The minimum Gasteiger partial charge on any atom is -0.342 e. The largest absolute Gasteiger partial charge is 0.342 e. The Labute approximate surface area is 152 Å². The Bertz CT molecular complexity index is 911. The highest BCUT2D eigenvalue weighted by atomic mass is 32.1. The lowest BCUT2D eigenvalue weighted by atomic mass is 9.93. The fourth-order valence-corrected chi connectivity index (χ4v) is 4.01. The molecule has 0 bridgehead atoms. The molecule has 136 valence electrons. The summed E-state index contributed by atoms with van der Waals surface area (Å²) in [5, 5.41) is 7.73. The van der Waals surface area contributed by atoms with Crippen molar-refractivity contribution in [1.29, 1.82) is 0 Å². The lowest BCUT2D eigenvalue weighted by molar-refractivity contribution is -0.131. The summed E-state index contributed by atoms with van der Waals surface area (Å²) in [6.07, 6.45) is 0.553. The first-order chi connectivity index (χ1) is 12.6. The number of halogens is 2. The van der Waals surface area contributed by atoms with E-state index in [4.69, 9.17) is 0 Å². The van der Waals surface area contributed by atoms with Gasteiger partial charge in [-0.15, -0.1) is 0 Å². The molecule has 3 aromatic rings. The Morgan fingerprint density at radius 1 is 1.42 bits per heavy atom. The first-order valence-corrected chi connectivity index (χ1v) is 9.33. The van der Waals surface area contributed by atoms with Crippen LogP contribution in [-0.4, -0.2) is 43.5 Å². The first kappa shape index (κ1) is 17.0. The summed E-state index contributed by atoms with van der Waals surface area (Å²) in [4.78, 5) is 22.7. The number of amides is 1. The predicted molar refractivity (Wildman–Crippen MR) is 92.3 cm³/mol. The van der Waals surface area contributed by atoms with Gasteiger partial charge in [0.15, 0.2) is 0 Å². The van der Waals surface area contributed by atoms with Crippen LogP contribution < -0.4 is 0 Å². The molecule has 0 aromatic carbocycles. The molecule has 0 aliphatic carbocycles. The van der Waals surface area contributed by atoms with Gasteiger partial charge in [-0.25, -0.2) is 13.8 Å². The maximum atomic E-state index is 13.4. The molecule has 1 aliphatic rings. The summed E-state index contributed by atoms with van der Waals surface area (Å²) in [6.45, 7) is 1.18. The van der Waals surface area contributed by atoms with E-state index in [1.807, 2.05) is 21.7 Å². The number of hydrogen-bond donors (Lipinski definition) is 0. The number of hydrogen-bond acceptors (Lipinski definition) is 5. The van der Waals surface area contributed by atoms with Crippen LogP contribution in [0.15, 0.2) is 29.2 Å². The normalized spacial score (nSPS) is 18.0.